The highest BCUT2D eigenvalue weighted by atomic mass is 16.6. The third-order valence-corrected chi connectivity index (χ3v) is 2.32. The molecule has 1 amide bonds. The van der Waals surface area contributed by atoms with E-state index in [-0.39, 0.29) is 6.09 Å². The molecule has 0 aromatic carbocycles. The van der Waals surface area contributed by atoms with E-state index in [1.54, 1.807) is 0 Å². The molecule has 2 aliphatic rings. The van der Waals surface area contributed by atoms with Crippen molar-refractivity contribution in [3.05, 3.63) is 0 Å². The summed E-state index contributed by atoms with van der Waals surface area (Å²) in [5, 5.41) is 0. The molecule has 0 saturated carbocycles. The molecule has 2 saturated heterocycles. The fourth-order valence-electron chi connectivity index (χ4n) is 1.64. The van der Waals surface area contributed by atoms with E-state index in [9.17, 15) is 4.79 Å². The van der Waals surface area contributed by atoms with Crippen molar-refractivity contribution in [1.29, 1.82) is 0 Å². The van der Waals surface area contributed by atoms with Crippen LogP contribution in [0.15, 0.2) is 0 Å². The Morgan fingerprint density at radius 2 is 2.36 bits per heavy atom. The molecule has 2 aliphatic heterocycles. The van der Waals surface area contributed by atoms with Crippen molar-refractivity contribution in [3.63, 3.8) is 0 Å². The number of amides is 1. The molecule has 2 heterocycles. The van der Waals surface area contributed by atoms with Gasteiger partial charge in [-0.15, -0.1) is 0 Å². The Morgan fingerprint density at radius 1 is 1.55 bits per heavy atom. The summed E-state index contributed by atoms with van der Waals surface area (Å²) >= 11 is 0. The molecule has 0 aromatic heterocycles. The maximum absolute atomic E-state index is 11.0. The number of hydrogen-bond acceptors (Lipinski definition) is 3. The van der Waals surface area contributed by atoms with Gasteiger partial charge in [-0.1, -0.05) is 0 Å². The number of carbonyl (C=O) groups is 1. The summed E-state index contributed by atoms with van der Waals surface area (Å²) in [5.41, 5.74) is 0. The van der Waals surface area contributed by atoms with Crippen LogP contribution < -0.4 is 0 Å². The summed E-state index contributed by atoms with van der Waals surface area (Å²) in [6.07, 6.45) is -0.136. The number of piperazine rings is 1. The van der Waals surface area contributed by atoms with E-state index in [0.29, 0.717) is 12.6 Å². The van der Waals surface area contributed by atoms with Gasteiger partial charge < -0.3 is 9.64 Å². The van der Waals surface area contributed by atoms with Gasteiger partial charge in [0.15, 0.2) is 0 Å². The molecule has 1 atom stereocenters. The van der Waals surface area contributed by atoms with Crippen LogP contribution in [0, 0.1) is 0 Å². The molecule has 0 N–H and O–H groups in total. The van der Waals surface area contributed by atoms with E-state index in [2.05, 4.69) is 11.9 Å². The van der Waals surface area contributed by atoms with Gasteiger partial charge in [0.05, 0.1) is 6.04 Å². The minimum absolute atomic E-state index is 0.136. The van der Waals surface area contributed by atoms with Crippen molar-refractivity contribution in [2.24, 2.45) is 0 Å². The summed E-state index contributed by atoms with van der Waals surface area (Å²) in [5.74, 6) is 0. The Morgan fingerprint density at radius 3 is 3.18 bits per heavy atom. The normalized spacial score (nSPS) is 31.9. The zero-order valence-corrected chi connectivity index (χ0v) is 6.62. The van der Waals surface area contributed by atoms with Crippen LogP contribution in [0.1, 0.15) is 0 Å². The van der Waals surface area contributed by atoms with Crippen LogP contribution in [0.3, 0.4) is 0 Å². The van der Waals surface area contributed by atoms with E-state index < -0.39 is 0 Å². The molecule has 0 radical (unpaired) electrons. The fourth-order valence-corrected chi connectivity index (χ4v) is 1.64. The minimum Gasteiger partial charge on any atom is -0.447 e. The third kappa shape index (κ3) is 1.07. The highest BCUT2D eigenvalue weighted by Gasteiger charge is 2.36. The second-order valence-corrected chi connectivity index (χ2v) is 3.19. The predicted octanol–water partition coefficient (Wildman–Crippen LogP) is -0.247. The van der Waals surface area contributed by atoms with Gasteiger partial charge in [0.25, 0.3) is 0 Å². The van der Waals surface area contributed by atoms with Crippen LogP contribution in [0.2, 0.25) is 0 Å². The third-order valence-electron chi connectivity index (χ3n) is 2.32. The Balaban J connectivity index is 2.06. The van der Waals surface area contributed by atoms with E-state index in [1.165, 1.54) is 0 Å². The molecule has 0 spiro atoms. The monoisotopic (exact) mass is 156 g/mol. The number of hydrogen-bond donors (Lipinski definition) is 0. The number of ether oxygens (including phenoxy) is 1. The minimum atomic E-state index is -0.136. The lowest BCUT2D eigenvalue weighted by molar-refractivity contribution is 0.134. The molecule has 0 aromatic rings. The lowest BCUT2D eigenvalue weighted by Gasteiger charge is -2.32. The second-order valence-electron chi connectivity index (χ2n) is 3.19. The topological polar surface area (TPSA) is 32.8 Å². The smallest absolute Gasteiger partial charge is 0.410 e. The fraction of sp³-hybridized carbons (Fsp3) is 0.857. The summed E-state index contributed by atoms with van der Waals surface area (Å²) in [7, 11) is 2.07. The molecule has 4 heteroatoms. The largest absolute Gasteiger partial charge is 0.447 e. The average molecular weight is 156 g/mol. The van der Waals surface area contributed by atoms with Gasteiger partial charge in [-0.25, -0.2) is 4.79 Å². The quantitative estimate of drug-likeness (QED) is 0.485. The number of fused-ring (bicyclic) bond motifs is 1. The molecule has 11 heavy (non-hydrogen) atoms. The van der Waals surface area contributed by atoms with Crippen molar-refractivity contribution >= 4 is 6.09 Å². The zero-order valence-electron chi connectivity index (χ0n) is 6.62. The first kappa shape index (κ1) is 6.91. The first-order chi connectivity index (χ1) is 5.27. The van der Waals surface area contributed by atoms with Gasteiger partial charge in [0.1, 0.15) is 6.61 Å². The molecule has 62 valence electrons. The Kier molecular flexibility index (Phi) is 1.49. The van der Waals surface area contributed by atoms with E-state index >= 15 is 0 Å². The number of carbonyl (C=O) groups excluding carboxylic acids is 1. The van der Waals surface area contributed by atoms with Gasteiger partial charge >= 0.3 is 6.09 Å². The van der Waals surface area contributed by atoms with Crippen LogP contribution in [0.25, 0.3) is 0 Å². The molecule has 2 rings (SSSR count). The number of cyclic esters (lactones) is 1. The Bertz CT molecular complexity index is 183. The first-order valence-corrected chi connectivity index (χ1v) is 3.89. The van der Waals surface area contributed by atoms with Crippen molar-refractivity contribution in [3.8, 4) is 0 Å². The highest BCUT2D eigenvalue weighted by molar-refractivity contribution is 5.70. The Hall–Kier alpha value is -0.770. The van der Waals surface area contributed by atoms with E-state index in [0.717, 1.165) is 19.6 Å². The van der Waals surface area contributed by atoms with E-state index in [4.69, 9.17) is 4.74 Å². The Labute approximate surface area is 65.7 Å². The summed E-state index contributed by atoms with van der Waals surface area (Å²) < 4.78 is 4.91. The molecular formula is C7H12N2O2. The van der Waals surface area contributed by atoms with Crippen LogP contribution in [-0.2, 0) is 4.74 Å². The van der Waals surface area contributed by atoms with Crippen molar-refractivity contribution < 1.29 is 9.53 Å². The number of nitrogens with zero attached hydrogens (tertiary/aromatic N) is 2. The van der Waals surface area contributed by atoms with Gasteiger partial charge in [-0.3, -0.25) is 4.90 Å². The summed E-state index contributed by atoms with van der Waals surface area (Å²) in [6, 6.07) is 0.307. The average Bonchev–Trinajstić information content (AvgIpc) is 2.32. The number of rotatable bonds is 0. The van der Waals surface area contributed by atoms with Crippen molar-refractivity contribution in [1.82, 2.24) is 9.80 Å². The zero-order chi connectivity index (χ0) is 7.84. The van der Waals surface area contributed by atoms with Gasteiger partial charge in [-0.2, -0.15) is 0 Å². The molecule has 0 bridgehead atoms. The first-order valence-electron chi connectivity index (χ1n) is 3.89. The molecule has 4 nitrogen and oxygen atoms in total. The standard InChI is InChI=1S/C7H12N2O2/c1-8-2-3-9-6(4-8)5-11-7(9)10/h6H,2-5H2,1H3. The van der Waals surface area contributed by atoms with Crippen LogP contribution in [0.5, 0.6) is 0 Å². The van der Waals surface area contributed by atoms with Crippen LogP contribution >= 0.6 is 0 Å². The maximum atomic E-state index is 11.0. The molecule has 2 fully saturated rings. The maximum Gasteiger partial charge on any atom is 0.410 e. The highest BCUT2D eigenvalue weighted by Crippen LogP contribution is 2.16. The van der Waals surface area contributed by atoms with Gasteiger partial charge in [0, 0.05) is 19.6 Å². The molecule has 0 aliphatic carbocycles. The van der Waals surface area contributed by atoms with Gasteiger partial charge in [0.2, 0.25) is 0 Å². The van der Waals surface area contributed by atoms with Crippen molar-refractivity contribution in [2.75, 3.05) is 33.3 Å². The van der Waals surface area contributed by atoms with Crippen LogP contribution in [-0.4, -0.2) is 55.2 Å². The van der Waals surface area contributed by atoms with Crippen LogP contribution in [0.4, 0.5) is 4.79 Å². The molecule has 1 unspecified atom stereocenters. The lowest BCUT2D eigenvalue weighted by atomic mass is 10.2. The summed E-state index contributed by atoms with van der Waals surface area (Å²) in [6.45, 7) is 3.31. The van der Waals surface area contributed by atoms with Gasteiger partial charge in [-0.05, 0) is 7.05 Å². The van der Waals surface area contributed by atoms with Crippen molar-refractivity contribution in [2.45, 2.75) is 6.04 Å². The lowest BCUT2D eigenvalue weighted by Crippen LogP contribution is -2.50. The second kappa shape index (κ2) is 2.37. The predicted molar refractivity (Wildman–Crippen MR) is 39.3 cm³/mol. The molecular weight excluding hydrogens is 144 g/mol. The SMILES string of the molecule is CN1CCN2C(=O)OCC2C1. The number of likely N-dealkylation sites (N-methyl/N-ethyl adjacent to an activating group) is 1. The summed E-state index contributed by atoms with van der Waals surface area (Å²) in [4.78, 5) is 15.0. The van der Waals surface area contributed by atoms with E-state index in [1.807, 2.05) is 4.90 Å².